The van der Waals surface area contributed by atoms with Crippen LogP contribution in [0, 0.1) is 0 Å². The molecule has 1 aliphatic heterocycles. The molecule has 2 unspecified atom stereocenters. The van der Waals surface area contributed by atoms with E-state index in [9.17, 15) is 9.59 Å². The number of hydrogen-bond acceptors (Lipinski definition) is 4. The number of hydrogen-bond donors (Lipinski definition) is 2. The quantitative estimate of drug-likeness (QED) is 0.626. The van der Waals surface area contributed by atoms with Crippen LogP contribution in [-0.4, -0.2) is 60.8 Å². The summed E-state index contributed by atoms with van der Waals surface area (Å²) < 4.78 is 5.06. The van der Waals surface area contributed by atoms with Crippen LogP contribution in [0.25, 0.3) is 0 Å². The van der Waals surface area contributed by atoms with Crippen LogP contribution >= 0.6 is 0 Å². The van der Waals surface area contributed by atoms with Crippen LogP contribution in [-0.2, 0) is 14.3 Å². The van der Waals surface area contributed by atoms with E-state index in [4.69, 9.17) is 9.84 Å². The molecular formula is C9H16N2O4. The maximum absolute atomic E-state index is 11.3. The molecule has 2 N–H and O–H groups in total. The van der Waals surface area contributed by atoms with Gasteiger partial charge in [0.05, 0.1) is 12.6 Å². The summed E-state index contributed by atoms with van der Waals surface area (Å²) >= 11 is 0. The Morgan fingerprint density at radius 2 is 2.27 bits per heavy atom. The normalized spacial score (nSPS) is 24.5. The predicted molar refractivity (Wildman–Crippen MR) is 52.5 cm³/mol. The standard InChI is InChI=1S/C9H16N2O4/c1-6(8(12)10-2)11-3-4-15-7(5-11)9(13)14/h6-7H,3-5H2,1-2H3,(H,10,12)(H,13,14). The number of rotatable bonds is 3. The summed E-state index contributed by atoms with van der Waals surface area (Å²) in [7, 11) is 1.56. The molecular weight excluding hydrogens is 200 g/mol. The van der Waals surface area contributed by atoms with Crippen LogP contribution in [0.4, 0.5) is 0 Å². The fourth-order valence-electron chi connectivity index (χ4n) is 1.55. The second-order valence-electron chi connectivity index (χ2n) is 3.48. The van der Waals surface area contributed by atoms with Crippen LogP contribution in [0.2, 0.25) is 0 Å². The topological polar surface area (TPSA) is 78.9 Å². The molecule has 1 aliphatic rings. The number of morpholine rings is 1. The summed E-state index contributed by atoms with van der Waals surface area (Å²) in [4.78, 5) is 23.9. The van der Waals surface area contributed by atoms with Gasteiger partial charge in [-0.25, -0.2) is 4.79 Å². The number of carbonyl (C=O) groups excluding carboxylic acids is 1. The highest BCUT2D eigenvalue weighted by atomic mass is 16.5. The van der Waals surface area contributed by atoms with Gasteiger partial charge in [-0.2, -0.15) is 0 Å². The lowest BCUT2D eigenvalue weighted by Gasteiger charge is -2.34. The molecule has 0 bridgehead atoms. The third-order valence-corrected chi connectivity index (χ3v) is 2.55. The molecule has 0 aromatic heterocycles. The number of amides is 1. The molecule has 6 nitrogen and oxygen atoms in total. The minimum atomic E-state index is -0.983. The molecule has 86 valence electrons. The van der Waals surface area contributed by atoms with Gasteiger partial charge in [-0.15, -0.1) is 0 Å². The zero-order chi connectivity index (χ0) is 11.4. The average molecular weight is 216 g/mol. The van der Waals surface area contributed by atoms with Crippen LogP contribution in [0.15, 0.2) is 0 Å². The van der Waals surface area contributed by atoms with Crippen molar-refractivity contribution >= 4 is 11.9 Å². The Morgan fingerprint density at radius 3 is 2.80 bits per heavy atom. The molecule has 2 atom stereocenters. The Balaban J connectivity index is 2.55. The van der Waals surface area contributed by atoms with Gasteiger partial charge >= 0.3 is 5.97 Å². The number of aliphatic carboxylic acids is 1. The highest BCUT2D eigenvalue weighted by Gasteiger charge is 2.30. The highest BCUT2D eigenvalue weighted by molar-refractivity contribution is 5.81. The van der Waals surface area contributed by atoms with Gasteiger partial charge in [0.15, 0.2) is 6.10 Å². The maximum atomic E-state index is 11.3. The van der Waals surface area contributed by atoms with E-state index in [-0.39, 0.29) is 18.5 Å². The molecule has 15 heavy (non-hydrogen) atoms. The summed E-state index contributed by atoms with van der Waals surface area (Å²) in [5.74, 6) is -1.09. The molecule has 1 heterocycles. The van der Waals surface area contributed by atoms with Crippen molar-refractivity contribution in [2.75, 3.05) is 26.7 Å². The first-order valence-electron chi connectivity index (χ1n) is 4.86. The summed E-state index contributed by atoms with van der Waals surface area (Å²) in [6.45, 7) is 2.93. The Hall–Kier alpha value is -1.14. The van der Waals surface area contributed by atoms with E-state index in [2.05, 4.69) is 5.32 Å². The summed E-state index contributed by atoms with van der Waals surface area (Å²) in [6, 6.07) is -0.319. The van der Waals surface area contributed by atoms with Crippen molar-refractivity contribution in [2.45, 2.75) is 19.1 Å². The zero-order valence-corrected chi connectivity index (χ0v) is 8.90. The Kier molecular flexibility index (Phi) is 4.05. The van der Waals surface area contributed by atoms with Crippen LogP contribution in [0.5, 0.6) is 0 Å². The summed E-state index contributed by atoms with van der Waals surface area (Å²) in [6.07, 6.45) is -0.828. The number of nitrogens with one attached hydrogen (secondary N) is 1. The third kappa shape index (κ3) is 2.90. The fourth-order valence-corrected chi connectivity index (χ4v) is 1.55. The van der Waals surface area contributed by atoms with Gasteiger partial charge in [-0.1, -0.05) is 0 Å². The van der Waals surface area contributed by atoms with Crippen molar-refractivity contribution in [1.82, 2.24) is 10.2 Å². The predicted octanol–water partition coefficient (Wildman–Crippen LogP) is -1.09. The Bertz CT molecular complexity index is 256. The zero-order valence-electron chi connectivity index (χ0n) is 8.90. The number of ether oxygens (including phenoxy) is 1. The first-order valence-corrected chi connectivity index (χ1v) is 4.86. The Morgan fingerprint density at radius 1 is 1.60 bits per heavy atom. The van der Waals surface area contributed by atoms with E-state index in [1.165, 1.54) is 0 Å². The first kappa shape index (κ1) is 11.9. The molecule has 0 aromatic carbocycles. The van der Waals surface area contributed by atoms with Gasteiger partial charge in [0.2, 0.25) is 5.91 Å². The maximum Gasteiger partial charge on any atom is 0.334 e. The minimum absolute atomic E-state index is 0.110. The number of carboxylic acid groups (broad SMARTS) is 1. The lowest BCUT2D eigenvalue weighted by atomic mass is 10.2. The van der Waals surface area contributed by atoms with E-state index in [0.29, 0.717) is 13.2 Å². The SMILES string of the molecule is CNC(=O)C(C)N1CCOC(C(=O)O)C1. The van der Waals surface area contributed by atoms with Crippen LogP contribution in [0.3, 0.4) is 0 Å². The van der Waals surface area contributed by atoms with Crippen molar-refractivity contribution in [1.29, 1.82) is 0 Å². The van der Waals surface area contributed by atoms with Crippen molar-refractivity contribution in [3.8, 4) is 0 Å². The molecule has 0 saturated carbocycles. The molecule has 1 fully saturated rings. The second-order valence-corrected chi connectivity index (χ2v) is 3.48. The number of carbonyl (C=O) groups is 2. The smallest absolute Gasteiger partial charge is 0.334 e. The van der Waals surface area contributed by atoms with E-state index < -0.39 is 12.1 Å². The molecule has 0 radical (unpaired) electrons. The lowest BCUT2D eigenvalue weighted by Crippen LogP contribution is -2.53. The van der Waals surface area contributed by atoms with Crippen LogP contribution in [0.1, 0.15) is 6.92 Å². The van der Waals surface area contributed by atoms with E-state index in [1.54, 1.807) is 18.9 Å². The number of likely N-dealkylation sites (N-methyl/N-ethyl adjacent to an activating group) is 1. The van der Waals surface area contributed by atoms with Gasteiger partial charge in [-0.3, -0.25) is 9.69 Å². The van der Waals surface area contributed by atoms with Crippen molar-refractivity contribution in [3.05, 3.63) is 0 Å². The lowest BCUT2D eigenvalue weighted by molar-refractivity contribution is -0.158. The third-order valence-electron chi connectivity index (χ3n) is 2.55. The Labute approximate surface area is 88.2 Å². The van der Waals surface area contributed by atoms with Gasteiger partial charge in [0.25, 0.3) is 0 Å². The molecule has 1 rings (SSSR count). The monoisotopic (exact) mass is 216 g/mol. The minimum Gasteiger partial charge on any atom is -0.479 e. The summed E-state index contributed by atoms with van der Waals surface area (Å²) in [5, 5.41) is 11.3. The van der Waals surface area contributed by atoms with E-state index in [0.717, 1.165) is 0 Å². The number of carboxylic acids is 1. The van der Waals surface area contributed by atoms with E-state index in [1.807, 2.05) is 0 Å². The van der Waals surface area contributed by atoms with Gasteiger partial charge in [0.1, 0.15) is 0 Å². The van der Waals surface area contributed by atoms with Gasteiger partial charge < -0.3 is 15.2 Å². The highest BCUT2D eigenvalue weighted by Crippen LogP contribution is 2.09. The molecule has 0 aliphatic carbocycles. The molecule has 0 aromatic rings. The molecule has 6 heteroatoms. The van der Waals surface area contributed by atoms with Crippen LogP contribution < -0.4 is 5.32 Å². The van der Waals surface area contributed by atoms with Gasteiger partial charge in [0, 0.05) is 20.1 Å². The van der Waals surface area contributed by atoms with Crippen molar-refractivity contribution < 1.29 is 19.4 Å². The summed E-state index contributed by atoms with van der Waals surface area (Å²) in [5.41, 5.74) is 0. The largest absolute Gasteiger partial charge is 0.479 e. The molecule has 1 amide bonds. The fraction of sp³-hybridized carbons (Fsp3) is 0.778. The number of nitrogens with zero attached hydrogens (tertiary/aromatic N) is 1. The average Bonchev–Trinajstić information content (AvgIpc) is 2.27. The van der Waals surface area contributed by atoms with Crippen molar-refractivity contribution in [3.63, 3.8) is 0 Å². The second kappa shape index (κ2) is 5.09. The van der Waals surface area contributed by atoms with Gasteiger partial charge in [-0.05, 0) is 6.92 Å². The molecule has 0 spiro atoms. The van der Waals surface area contributed by atoms with Crippen molar-refractivity contribution in [2.24, 2.45) is 0 Å². The van der Waals surface area contributed by atoms with E-state index >= 15 is 0 Å². The molecule has 1 saturated heterocycles. The first-order chi connectivity index (χ1) is 7.06.